The Morgan fingerprint density at radius 3 is 2.66 bits per heavy atom. The fraction of sp³-hybridized carbons (Fsp3) is 0.667. The number of pyridine rings is 1. The number of nitrogens with zero attached hydrogens (tertiary/aromatic N) is 7. The van der Waals surface area contributed by atoms with E-state index in [1.165, 1.54) is 6.07 Å². The molecule has 3 aliphatic rings. The van der Waals surface area contributed by atoms with Crippen LogP contribution in [-0.2, 0) is 6.42 Å². The van der Waals surface area contributed by atoms with Crippen molar-refractivity contribution in [3.05, 3.63) is 30.2 Å². The van der Waals surface area contributed by atoms with Gasteiger partial charge in [0.2, 0.25) is 5.88 Å². The summed E-state index contributed by atoms with van der Waals surface area (Å²) >= 11 is 0. The van der Waals surface area contributed by atoms with Gasteiger partial charge in [-0.1, -0.05) is 6.07 Å². The zero-order chi connectivity index (χ0) is 22.1. The first-order chi connectivity index (χ1) is 15.5. The Labute approximate surface area is 184 Å². The van der Waals surface area contributed by atoms with Crippen LogP contribution in [-0.4, -0.2) is 73.8 Å². The quantitative estimate of drug-likeness (QED) is 0.700. The fourth-order valence-electron chi connectivity index (χ4n) is 5.40. The van der Waals surface area contributed by atoms with Crippen molar-refractivity contribution in [2.75, 3.05) is 26.2 Å². The molecule has 5 rings (SSSR count). The van der Waals surface area contributed by atoms with Crippen molar-refractivity contribution in [2.45, 2.75) is 51.2 Å². The molecule has 4 heterocycles. The first-order valence-electron chi connectivity index (χ1n) is 11.2. The van der Waals surface area contributed by atoms with Crippen LogP contribution < -0.4 is 4.74 Å². The van der Waals surface area contributed by atoms with Crippen molar-refractivity contribution in [1.29, 1.82) is 0 Å². The molecule has 1 spiro atoms. The molecule has 0 bridgehead atoms. The minimum absolute atomic E-state index is 0.0483. The van der Waals surface area contributed by atoms with Crippen molar-refractivity contribution in [3.8, 4) is 5.88 Å². The van der Waals surface area contributed by atoms with Gasteiger partial charge in [0.15, 0.2) is 0 Å². The van der Waals surface area contributed by atoms with Crippen LogP contribution in [0.5, 0.6) is 5.88 Å². The summed E-state index contributed by atoms with van der Waals surface area (Å²) in [5.41, 5.74) is 1.30. The van der Waals surface area contributed by atoms with Crippen LogP contribution >= 0.6 is 0 Å². The molecule has 2 amide bonds. The molecule has 1 atom stereocenters. The van der Waals surface area contributed by atoms with Crippen molar-refractivity contribution in [2.24, 2.45) is 11.3 Å². The number of amides is 2. The average Bonchev–Trinajstić information content (AvgIpc) is 3.45. The predicted octanol–water partition coefficient (Wildman–Crippen LogP) is 2.77. The van der Waals surface area contributed by atoms with Crippen molar-refractivity contribution in [3.63, 3.8) is 0 Å². The highest BCUT2D eigenvalue weighted by Crippen LogP contribution is 2.46. The first kappa shape index (κ1) is 21.0. The molecule has 0 N–H and O–H groups in total. The van der Waals surface area contributed by atoms with Gasteiger partial charge in [0.05, 0.1) is 6.04 Å². The highest BCUT2D eigenvalue weighted by molar-refractivity contribution is 5.76. The molecule has 2 saturated heterocycles. The van der Waals surface area contributed by atoms with E-state index in [1.54, 1.807) is 17.2 Å². The van der Waals surface area contributed by atoms with E-state index in [-0.39, 0.29) is 23.4 Å². The number of alkyl halides is 2. The number of urea groups is 1. The maximum absolute atomic E-state index is 12.9. The van der Waals surface area contributed by atoms with Crippen LogP contribution in [0.25, 0.3) is 0 Å². The average molecular weight is 447 g/mol. The lowest BCUT2D eigenvalue weighted by Gasteiger charge is -2.54. The summed E-state index contributed by atoms with van der Waals surface area (Å²) in [5.74, 6) is 0.512. The van der Waals surface area contributed by atoms with E-state index in [0.717, 1.165) is 63.7 Å². The summed E-state index contributed by atoms with van der Waals surface area (Å²) in [6.07, 6.45) is 9.48. The summed E-state index contributed by atoms with van der Waals surface area (Å²) in [5, 5.41) is 11.3. The Kier molecular flexibility index (Phi) is 5.64. The second-order valence-corrected chi connectivity index (χ2v) is 9.35. The van der Waals surface area contributed by atoms with E-state index >= 15 is 0 Å². The minimum atomic E-state index is -2.85. The van der Waals surface area contributed by atoms with Crippen molar-refractivity contribution < 1.29 is 18.3 Å². The highest BCUT2D eigenvalue weighted by atomic mass is 19.3. The number of carbonyl (C=O) groups is 1. The summed E-state index contributed by atoms with van der Waals surface area (Å²) in [6.45, 7) is 0.224. The van der Waals surface area contributed by atoms with E-state index in [4.69, 9.17) is 0 Å². The molecule has 0 radical (unpaired) electrons. The third-order valence-corrected chi connectivity index (χ3v) is 7.19. The molecule has 1 aliphatic carbocycles. The normalized spacial score (nSPS) is 23.0. The first-order valence-corrected chi connectivity index (χ1v) is 11.2. The molecule has 2 aliphatic heterocycles. The molecule has 1 saturated carbocycles. The van der Waals surface area contributed by atoms with Gasteiger partial charge < -0.3 is 14.5 Å². The van der Waals surface area contributed by atoms with E-state index in [0.29, 0.717) is 12.5 Å². The summed E-state index contributed by atoms with van der Waals surface area (Å²) in [4.78, 5) is 20.8. The number of aromatic nitrogens is 5. The van der Waals surface area contributed by atoms with Gasteiger partial charge in [-0.2, -0.15) is 8.78 Å². The molecule has 0 aromatic carbocycles. The van der Waals surface area contributed by atoms with Gasteiger partial charge in [-0.25, -0.2) is 14.5 Å². The number of rotatable bonds is 5. The number of hydrogen-bond acceptors (Lipinski definition) is 6. The number of hydrogen-bond donors (Lipinski definition) is 0. The third-order valence-electron chi connectivity index (χ3n) is 7.19. The highest BCUT2D eigenvalue weighted by Gasteiger charge is 2.48. The Balaban J connectivity index is 1.06. The van der Waals surface area contributed by atoms with E-state index in [2.05, 4.69) is 25.2 Å². The summed E-state index contributed by atoms with van der Waals surface area (Å²) < 4.78 is 30.5. The number of ether oxygens (including phenoxy) is 1. The molecule has 172 valence electrons. The Hall–Kier alpha value is -2.85. The number of halogens is 2. The molecule has 2 aromatic heterocycles. The Bertz CT molecular complexity index is 909. The van der Waals surface area contributed by atoms with Gasteiger partial charge in [0.1, 0.15) is 6.33 Å². The molecule has 9 nitrogen and oxygen atoms in total. The number of tetrazole rings is 1. The van der Waals surface area contributed by atoms with Crippen LogP contribution in [0, 0.1) is 11.3 Å². The monoisotopic (exact) mass is 447 g/mol. The maximum atomic E-state index is 12.9. The van der Waals surface area contributed by atoms with Crippen LogP contribution in [0.3, 0.4) is 0 Å². The van der Waals surface area contributed by atoms with Crippen LogP contribution in [0.4, 0.5) is 13.6 Å². The third kappa shape index (κ3) is 4.37. The van der Waals surface area contributed by atoms with Gasteiger partial charge in [-0.3, -0.25) is 0 Å². The van der Waals surface area contributed by atoms with Crippen LogP contribution in [0.1, 0.15) is 43.7 Å². The van der Waals surface area contributed by atoms with Gasteiger partial charge >= 0.3 is 12.6 Å². The Morgan fingerprint density at radius 1 is 1.19 bits per heavy atom. The van der Waals surface area contributed by atoms with Gasteiger partial charge in [0.25, 0.3) is 0 Å². The molecule has 2 aromatic rings. The topological polar surface area (TPSA) is 89.3 Å². The Morgan fingerprint density at radius 2 is 2.00 bits per heavy atom. The van der Waals surface area contributed by atoms with Crippen molar-refractivity contribution in [1.82, 2.24) is 35.0 Å². The maximum Gasteiger partial charge on any atom is 0.388 e. The zero-order valence-electron chi connectivity index (χ0n) is 17.8. The lowest BCUT2D eigenvalue weighted by Crippen LogP contribution is -2.62. The summed E-state index contributed by atoms with van der Waals surface area (Å²) in [7, 11) is 0. The minimum Gasteiger partial charge on any atom is -0.417 e. The fourth-order valence-corrected chi connectivity index (χ4v) is 5.40. The number of carbonyl (C=O) groups excluding carboxylic acids is 1. The predicted molar refractivity (Wildman–Crippen MR) is 109 cm³/mol. The lowest BCUT2D eigenvalue weighted by atomic mass is 9.65. The SMILES string of the molecule is O=C(N1CC[C@H](n2cnnn2)C1)N1CC2(CCC(Cc3ccc(OC(F)F)nc3)CC2)C1. The van der Waals surface area contributed by atoms with Crippen LogP contribution in [0.15, 0.2) is 24.7 Å². The number of likely N-dealkylation sites (tertiary alicyclic amines) is 2. The lowest BCUT2D eigenvalue weighted by molar-refractivity contribution is -0.0528. The van der Waals surface area contributed by atoms with E-state index in [1.807, 2.05) is 15.9 Å². The second-order valence-electron chi connectivity index (χ2n) is 9.35. The van der Waals surface area contributed by atoms with E-state index in [9.17, 15) is 13.6 Å². The molecule has 0 unspecified atom stereocenters. The second kappa shape index (κ2) is 8.59. The van der Waals surface area contributed by atoms with Crippen molar-refractivity contribution >= 4 is 6.03 Å². The zero-order valence-corrected chi connectivity index (χ0v) is 17.8. The molecular weight excluding hydrogens is 420 g/mol. The largest absolute Gasteiger partial charge is 0.417 e. The van der Waals surface area contributed by atoms with Gasteiger partial charge in [-0.15, -0.1) is 5.10 Å². The van der Waals surface area contributed by atoms with Gasteiger partial charge in [0, 0.05) is 43.9 Å². The smallest absolute Gasteiger partial charge is 0.388 e. The molecule has 3 fully saturated rings. The molecule has 32 heavy (non-hydrogen) atoms. The van der Waals surface area contributed by atoms with Gasteiger partial charge in [-0.05, 0) is 60.4 Å². The standard InChI is InChI=1S/C21H27F2N7O2/c22-19(23)32-18-2-1-16(10-24-18)9-15-3-6-21(7-4-15)12-29(13-21)20(31)28-8-5-17(11-28)30-14-25-26-27-30/h1-2,10,14-15,17,19H,3-9,11-13H2/t17-/m0/s1. The molecule has 11 heteroatoms. The summed E-state index contributed by atoms with van der Waals surface area (Å²) in [6, 6.07) is 3.61. The molecular formula is C21H27F2N7O2. The van der Waals surface area contributed by atoms with E-state index < -0.39 is 6.61 Å². The van der Waals surface area contributed by atoms with Crippen LogP contribution in [0.2, 0.25) is 0 Å².